The third kappa shape index (κ3) is 51.0. The number of ether oxygens (including phenoxy) is 2. The Labute approximate surface area is 399 Å². The van der Waals surface area contributed by atoms with Crippen molar-refractivity contribution in [1.29, 1.82) is 0 Å². The topological polar surface area (TPSA) is 134 Å². The number of esters is 2. The highest BCUT2D eigenvalue weighted by Gasteiger charge is 2.26. The summed E-state index contributed by atoms with van der Waals surface area (Å²) in [6.45, 7) is 3.64. The van der Waals surface area contributed by atoms with Crippen molar-refractivity contribution in [3.63, 3.8) is 0 Å². The van der Waals surface area contributed by atoms with Gasteiger partial charge in [0, 0.05) is 19.4 Å². The first-order chi connectivity index (χ1) is 31.8. The third-order valence-corrected chi connectivity index (χ3v) is 12.4. The number of nitrogens with two attached hydrogens (primary N) is 1. The van der Waals surface area contributed by atoms with Crippen molar-refractivity contribution in [1.82, 2.24) is 0 Å². The molecule has 0 aliphatic carbocycles. The molecule has 378 valence electrons. The Bertz CT molecular complexity index is 1250. The van der Waals surface area contributed by atoms with Gasteiger partial charge in [0.25, 0.3) is 0 Å². The highest BCUT2D eigenvalue weighted by molar-refractivity contribution is 7.47. The Morgan fingerprint density at radius 2 is 0.846 bits per heavy atom. The van der Waals surface area contributed by atoms with Gasteiger partial charge in [0.2, 0.25) is 0 Å². The van der Waals surface area contributed by atoms with E-state index in [9.17, 15) is 19.0 Å². The van der Waals surface area contributed by atoms with Gasteiger partial charge in [-0.25, -0.2) is 4.57 Å². The molecular weight excluding hydrogens is 834 g/mol. The van der Waals surface area contributed by atoms with Crippen LogP contribution in [0.4, 0.5) is 0 Å². The second kappa shape index (κ2) is 51.1. The molecule has 0 rings (SSSR count). The van der Waals surface area contributed by atoms with Crippen molar-refractivity contribution in [2.75, 3.05) is 26.4 Å². The molecule has 0 bridgehead atoms. The SMILES string of the molecule is CC/C=C\C/C=C\C/C=C\C/C=C\CCCCCCCCCCC(=O)OC(COC(=O)CCCCCCCCCCCCC/C=C\CCCCCCCCCC)COP(=O)(O)OCCN. The molecule has 0 fully saturated rings. The molecule has 3 N–H and O–H groups in total. The highest BCUT2D eigenvalue weighted by Crippen LogP contribution is 2.43. The number of carbonyl (C=O) groups is 2. The fourth-order valence-electron chi connectivity index (χ4n) is 7.45. The number of unbranched alkanes of at least 4 members (excludes halogenated alkanes) is 27. The minimum Gasteiger partial charge on any atom is -0.462 e. The molecule has 0 saturated carbocycles. The van der Waals surface area contributed by atoms with Crippen LogP contribution in [0, 0.1) is 0 Å². The number of phosphoric acid groups is 1. The standard InChI is InChI=1S/C55H100NO8P/c1-3-5-7-9-11-13-15-17-19-21-23-25-26-28-29-31-33-35-37-39-41-43-45-47-54(57)61-51-53(52-63-65(59,60)62-50-49-56)64-55(58)48-46-44-42-40-38-36-34-32-30-27-24-22-20-18-16-14-12-10-8-6-4-2/h6,8,12,14,18,20-21,23-24,27,53H,3-5,7,9-11,13,15-17,19,22,25-26,28-52,56H2,1-2H3,(H,59,60)/b8-6-,14-12-,20-18-,23-21-,27-24-. The monoisotopic (exact) mass is 934 g/mol. The van der Waals surface area contributed by atoms with Crippen LogP contribution in [0.1, 0.15) is 245 Å². The van der Waals surface area contributed by atoms with Gasteiger partial charge >= 0.3 is 19.8 Å². The lowest BCUT2D eigenvalue weighted by atomic mass is 10.0. The number of allylic oxidation sites excluding steroid dienone is 10. The van der Waals surface area contributed by atoms with E-state index in [2.05, 4.69) is 74.6 Å². The summed E-state index contributed by atoms with van der Waals surface area (Å²) in [5.74, 6) is -0.834. The average Bonchev–Trinajstić information content (AvgIpc) is 3.30. The van der Waals surface area contributed by atoms with Crippen LogP contribution >= 0.6 is 7.82 Å². The Kier molecular flexibility index (Phi) is 49.3. The highest BCUT2D eigenvalue weighted by atomic mass is 31.2. The zero-order chi connectivity index (χ0) is 47.4. The van der Waals surface area contributed by atoms with Gasteiger partial charge in [0.05, 0.1) is 13.2 Å². The summed E-state index contributed by atoms with van der Waals surface area (Å²) in [5, 5.41) is 0. The van der Waals surface area contributed by atoms with Gasteiger partial charge in [0.1, 0.15) is 6.61 Å². The van der Waals surface area contributed by atoms with Gasteiger partial charge < -0.3 is 20.1 Å². The predicted octanol–water partition coefficient (Wildman–Crippen LogP) is 16.4. The molecule has 9 nitrogen and oxygen atoms in total. The van der Waals surface area contributed by atoms with Crippen molar-refractivity contribution < 1.29 is 37.6 Å². The molecule has 0 aromatic heterocycles. The molecule has 10 heteroatoms. The van der Waals surface area contributed by atoms with Crippen LogP contribution in [0.2, 0.25) is 0 Å². The Morgan fingerprint density at radius 1 is 0.477 bits per heavy atom. The van der Waals surface area contributed by atoms with Crippen LogP contribution in [0.25, 0.3) is 0 Å². The number of hydrogen-bond donors (Lipinski definition) is 2. The first-order valence-corrected chi connectivity index (χ1v) is 28.3. The summed E-state index contributed by atoms with van der Waals surface area (Å²) in [5.41, 5.74) is 5.37. The lowest BCUT2D eigenvalue weighted by molar-refractivity contribution is -0.161. The van der Waals surface area contributed by atoms with E-state index < -0.39 is 26.5 Å². The van der Waals surface area contributed by atoms with Gasteiger partial charge in [0.15, 0.2) is 6.10 Å². The molecule has 0 aromatic rings. The van der Waals surface area contributed by atoms with Crippen LogP contribution < -0.4 is 5.73 Å². The third-order valence-electron chi connectivity index (χ3n) is 11.4. The second-order valence-electron chi connectivity index (χ2n) is 17.7. The van der Waals surface area contributed by atoms with Gasteiger partial charge in [-0.15, -0.1) is 0 Å². The molecule has 0 spiro atoms. The van der Waals surface area contributed by atoms with Gasteiger partial charge in [-0.3, -0.25) is 18.6 Å². The largest absolute Gasteiger partial charge is 0.472 e. The number of rotatable bonds is 50. The molecular formula is C55H100NO8P. The van der Waals surface area contributed by atoms with Crippen molar-refractivity contribution in [2.24, 2.45) is 5.73 Å². The Hall–Kier alpha value is -2.29. The Morgan fingerprint density at radius 3 is 1.28 bits per heavy atom. The van der Waals surface area contributed by atoms with E-state index in [0.29, 0.717) is 6.42 Å². The summed E-state index contributed by atoms with van der Waals surface area (Å²) in [4.78, 5) is 35.1. The lowest BCUT2D eigenvalue weighted by Crippen LogP contribution is -2.29. The average molecular weight is 934 g/mol. The van der Waals surface area contributed by atoms with Crippen molar-refractivity contribution >= 4 is 19.8 Å². The first kappa shape index (κ1) is 62.7. The van der Waals surface area contributed by atoms with E-state index in [1.807, 2.05) is 0 Å². The molecule has 2 atom stereocenters. The van der Waals surface area contributed by atoms with Crippen LogP contribution in [-0.4, -0.2) is 49.3 Å². The minimum absolute atomic E-state index is 0.0501. The lowest BCUT2D eigenvalue weighted by Gasteiger charge is -2.19. The fraction of sp³-hybridized carbons (Fsp3) is 0.782. The fourth-order valence-corrected chi connectivity index (χ4v) is 8.21. The quantitative estimate of drug-likeness (QED) is 0.0265. The van der Waals surface area contributed by atoms with Crippen LogP contribution in [0.15, 0.2) is 60.8 Å². The summed E-state index contributed by atoms with van der Waals surface area (Å²) in [6, 6.07) is 0. The molecule has 0 heterocycles. The smallest absolute Gasteiger partial charge is 0.462 e. The minimum atomic E-state index is -4.39. The van der Waals surface area contributed by atoms with E-state index in [1.54, 1.807) is 0 Å². The van der Waals surface area contributed by atoms with Gasteiger partial charge in [-0.05, 0) is 77.0 Å². The number of hydrogen-bond acceptors (Lipinski definition) is 8. The summed E-state index contributed by atoms with van der Waals surface area (Å²) in [7, 11) is -4.39. The van der Waals surface area contributed by atoms with E-state index in [0.717, 1.165) is 70.6 Å². The molecule has 0 saturated heterocycles. The molecule has 0 radical (unpaired) electrons. The zero-order valence-electron chi connectivity index (χ0n) is 42.0. The first-order valence-electron chi connectivity index (χ1n) is 26.8. The van der Waals surface area contributed by atoms with E-state index in [1.165, 1.54) is 141 Å². The van der Waals surface area contributed by atoms with E-state index in [4.69, 9.17) is 24.3 Å². The van der Waals surface area contributed by atoms with Crippen molar-refractivity contribution in [2.45, 2.75) is 251 Å². The van der Waals surface area contributed by atoms with Crippen molar-refractivity contribution in [3.8, 4) is 0 Å². The Balaban J connectivity index is 4.03. The molecule has 0 aromatic carbocycles. The van der Waals surface area contributed by atoms with Crippen LogP contribution in [0.3, 0.4) is 0 Å². The predicted molar refractivity (Wildman–Crippen MR) is 275 cm³/mol. The summed E-state index contributed by atoms with van der Waals surface area (Å²) in [6.07, 6.45) is 62.6. The normalized spacial score (nSPS) is 13.6. The van der Waals surface area contributed by atoms with Crippen LogP contribution in [0.5, 0.6) is 0 Å². The summed E-state index contributed by atoms with van der Waals surface area (Å²) >= 11 is 0. The maximum Gasteiger partial charge on any atom is 0.472 e. The molecule has 0 amide bonds. The van der Waals surface area contributed by atoms with Gasteiger partial charge in [-0.1, -0.05) is 216 Å². The van der Waals surface area contributed by atoms with E-state index >= 15 is 0 Å². The molecule has 2 unspecified atom stereocenters. The molecule has 0 aliphatic rings. The number of carbonyl (C=O) groups excluding carboxylic acids is 2. The second-order valence-corrected chi connectivity index (χ2v) is 19.2. The molecule has 0 aliphatic heterocycles. The maximum absolute atomic E-state index is 12.7. The van der Waals surface area contributed by atoms with Crippen molar-refractivity contribution in [3.05, 3.63) is 60.8 Å². The van der Waals surface area contributed by atoms with E-state index in [-0.39, 0.29) is 38.6 Å². The van der Waals surface area contributed by atoms with Crippen LogP contribution in [-0.2, 0) is 32.7 Å². The zero-order valence-corrected chi connectivity index (χ0v) is 42.9. The maximum atomic E-state index is 12.7. The molecule has 65 heavy (non-hydrogen) atoms. The van der Waals surface area contributed by atoms with Gasteiger partial charge in [-0.2, -0.15) is 0 Å². The summed E-state index contributed by atoms with van der Waals surface area (Å²) < 4.78 is 33.0. The number of phosphoric ester groups is 1.